The molecule has 0 spiro atoms. The molecule has 0 fully saturated rings. The molecule has 0 saturated heterocycles. The second kappa shape index (κ2) is 12.8. The fraction of sp³-hybridized carbons (Fsp3) is 0.455. The fourth-order valence-electron chi connectivity index (χ4n) is 2.63. The predicted octanol–water partition coefficient (Wildman–Crippen LogP) is 5.33. The van der Waals surface area contributed by atoms with Crippen molar-refractivity contribution in [2.24, 2.45) is 0 Å². The lowest BCUT2D eigenvalue weighted by Crippen LogP contribution is -2.16. The van der Waals surface area contributed by atoms with E-state index in [0.717, 1.165) is 66.2 Å². The minimum absolute atomic E-state index is 0.505. The van der Waals surface area contributed by atoms with Crippen molar-refractivity contribution in [3.8, 4) is 11.5 Å². The minimum Gasteiger partial charge on any atom is -0.493 e. The summed E-state index contributed by atoms with van der Waals surface area (Å²) in [7, 11) is 1.67. The Hall–Kier alpha value is -1.56. The first-order chi connectivity index (χ1) is 13.2. The van der Waals surface area contributed by atoms with E-state index in [-0.39, 0.29) is 0 Å². The maximum atomic E-state index is 5.98. The molecule has 0 amide bonds. The highest BCUT2D eigenvalue weighted by Crippen LogP contribution is 2.37. The van der Waals surface area contributed by atoms with Gasteiger partial charge in [-0.25, -0.2) is 0 Å². The van der Waals surface area contributed by atoms with E-state index in [0.29, 0.717) is 6.61 Å². The number of rotatable bonds is 13. The quantitative estimate of drug-likeness (QED) is 0.431. The van der Waals surface area contributed by atoms with Crippen molar-refractivity contribution < 1.29 is 14.2 Å². The molecule has 0 aromatic heterocycles. The summed E-state index contributed by atoms with van der Waals surface area (Å²) < 4.78 is 18.0. The first-order valence-corrected chi connectivity index (χ1v) is 10.4. The molecule has 0 radical (unpaired) electrons. The van der Waals surface area contributed by atoms with E-state index in [1.54, 1.807) is 7.11 Å². The molecule has 0 heterocycles. The second-order valence-electron chi connectivity index (χ2n) is 6.38. The Morgan fingerprint density at radius 1 is 1.00 bits per heavy atom. The normalized spacial score (nSPS) is 10.8. The van der Waals surface area contributed by atoms with Gasteiger partial charge in [0, 0.05) is 19.8 Å². The summed E-state index contributed by atoms with van der Waals surface area (Å²) in [5.41, 5.74) is 2.27. The van der Waals surface area contributed by atoms with Crippen molar-refractivity contribution in [3.05, 3.63) is 58.1 Å². The van der Waals surface area contributed by atoms with Crippen LogP contribution in [-0.2, 0) is 17.9 Å². The Morgan fingerprint density at radius 3 is 2.52 bits per heavy atom. The van der Waals surface area contributed by atoms with Crippen LogP contribution in [-0.4, -0.2) is 26.9 Å². The smallest absolute Gasteiger partial charge is 0.175 e. The van der Waals surface area contributed by atoms with Crippen LogP contribution in [0.3, 0.4) is 0 Å². The largest absolute Gasteiger partial charge is 0.493 e. The Bertz CT molecular complexity index is 664. The Kier molecular flexibility index (Phi) is 10.3. The van der Waals surface area contributed by atoms with Gasteiger partial charge in [0.25, 0.3) is 0 Å². The van der Waals surface area contributed by atoms with Crippen LogP contribution in [0.2, 0.25) is 0 Å². The van der Waals surface area contributed by atoms with Gasteiger partial charge in [0.1, 0.15) is 6.61 Å². The summed E-state index contributed by atoms with van der Waals surface area (Å²) in [4.78, 5) is 0. The maximum Gasteiger partial charge on any atom is 0.175 e. The van der Waals surface area contributed by atoms with E-state index in [4.69, 9.17) is 14.2 Å². The first kappa shape index (κ1) is 21.7. The summed E-state index contributed by atoms with van der Waals surface area (Å²) in [5, 5.41) is 3.45. The van der Waals surface area contributed by atoms with Crippen LogP contribution >= 0.6 is 15.9 Å². The van der Waals surface area contributed by atoms with Gasteiger partial charge in [-0.1, -0.05) is 43.7 Å². The maximum absolute atomic E-state index is 5.98. The summed E-state index contributed by atoms with van der Waals surface area (Å²) in [5.74, 6) is 1.47. The molecule has 0 bridgehead atoms. The molecule has 0 unspecified atom stereocenters. The zero-order valence-corrected chi connectivity index (χ0v) is 17.9. The molecule has 148 valence electrons. The molecule has 2 aromatic carbocycles. The molecule has 4 nitrogen and oxygen atoms in total. The number of benzene rings is 2. The Morgan fingerprint density at radius 2 is 1.78 bits per heavy atom. The summed E-state index contributed by atoms with van der Waals surface area (Å²) in [6, 6.07) is 14.2. The van der Waals surface area contributed by atoms with Gasteiger partial charge in [-0.2, -0.15) is 0 Å². The predicted molar refractivity (Wildman–Crippen MR) is 114 cm³/mol. The standard InChI is InChI=1S/C22H30BrNO3/c1-3-4-12-26-13-8-11-24-16-19-14-20(23)22(21(15-19)25-2)27-17-18-9-6-5-7-10-18/h5-7,9-10,14-15,24H,3-4,8,11-13,16-17H2,1-2H3. The number of ether oxygens (including phenoxy) is 3. The average molecular weight is 436 g/mol. The van der Waals surface area contributed by atoms with E-state index in [2.05, 4.69) is 34.2 Å². The van der Waals surface area contributed by atoms with Crippen LogP contribution in [0.15, 0.2) is 46.9 Å². The number of nitrogens with one attached hydrogen (secondary N) is 1. The van der Waals surface area contributed by atoms with Crippen LogP contribution in [0.1, 0.15) is 37.3 Å². The molecular formula is C22H30BrNO3. The van der Waals surface area contributed by atoms with E-state index in [1.807, 2.05) is 36.4 Å². The SMILES string of the molecule is CCCCOCCCNCc1cc(Br)c(OCc2ccccc2)c(OC)c1. The monoisotopic (exact) mass is 435 g/mol. The van der Waals surface area contributed by atoms with Crippen molar-refractivity contribution in [2.45, 2.75) is 39.3 Å². The molecular weight excluding hydrogens is 406 g/mol. The third-order valence-corrected chi connectivity index (χ3v) is 4.72. The number of hydrogen-bond donors (Lipinski definition) is 1. The highest BCUT2D eigenvalue weighted by atomic mass is 79.9. The second-order valence-corrected chi connectivity index (χ2v) is 7.23. The van der Waals surface area contributed by atoms with E-state index in [1.165, 1.54) is 6.42 Å². The van der Waals surface area contributed by atoms with Crippen molar-refractivity contribution in [1.29, 1.82) is 0 Å². The lowest BCUT2D eigenvalue weighted by Gasteiger charge is -2.15. The average Bonchev–Trinajstić information content (AvgIpc) is 2.69. The first-order valence-electron chi connectivity index (χ1n) is 9.56. The van der Waals surface area contributed by atoms with Crippen LogP contribution in [0.4, 0.5) is 0 Å². The summed E-state index contributed by atoms with van der Waals surface area (Å²) in [6.07, 6.45) is 3.33. The number of hydrogen-bond acceptors (Lipinski definition) is 4. The van der Waals surface area contributed by atoms with E-state index < -0.39 is 0 Å². The van der Waals surface area contributed by atoms with Crippen LogP contribution in [0.25, 0.3) is 0 Å². The molecule has 27 heavy (non-hydrogen) atoms. The summed E-state index contributed by atoms with van der Waals surface area (Å²) >= 11 is 3.62. The topological polar surface area (TPSA) is 39.7 Å². The molecule has 1 N–H and O–H groups in total. The summed E-state index contributed by atoms with van der Waals surface area (Å²) in [6.45, 7) is 6.07. The molecule has 2 aromatic rings. The Labute approximate surface area is 171 Å². The van der Waals surface area contributed by atoms with Crippen molar-refractivity contribution >= 4 is 15.9 Å². The number of unbranched alkanes of at least 4 members (excludes halogenated alkanes) is 1. The number of methoxy groups -OCH3 is 1. The van der Waals surface area contributed by atoms with Crippen molar-refractivity contribution in [2.75, 3.05) is 26.9 Å². The Balaban J connectivity index is 1.82. The molecule has 0 saturated carbocycles. The fourth-order valence-corrected chi connectivity index (χ4v) is 3.23. The van der Waals surface area contributed by atoms with Gasteiger partial charge in [0.15, 0.2) is 11.5 Å². The van der Waals surface area contributed by atoms with Crippen molar-refractivity contribution in [1.82, 2.24) is 5.32 Å². The third-order valence-electron chi connectivity index (χ3n) is 4.13. The van der Waals surface area contributed by atoms with E-state index >= 15 is 0 Å². The number of halogens is 1. The molecule has 0 aliphatic rings. The third kappa shape index (κ3) is 7.91. The van der Waals surface area contributed by atoms with Gasteiger partial charge < -0.3 is 19.5 Å². The van der Waals surface area contributed by atoms with Crippen LogP contribution < -0.4 is 14.8 Å². The lowest BCUT2D eigenvalue weighted by molar-refractivity contribution is 0.129. The molecule has 0 aliphatic heterocycles. The zero-order valence-electron chi connectivity index (χ0n) is 16.3. The van der Waals surface area contributed by atoms with Crippen LogP contribution in [0, 0.1) is 0 Å². The lowest BCUT2D eigenvalue weighted by atomic mass is 10.2. The minimum atomic E-state index is 0.505. The van der Waals surface area contributed by atoms with Crippen LogP contribution in [0.5, 0.6) is 11.5 Å². The van der Waals surface area contributed by atoms with Gasteiger partial charge in [-0.15, -0.1) is 0 Å². The van der Waals surface area contributed by atoms with Gasteiger partial charge in [0.2, 0.25) is 0 Å². The van der Waals surface area contributed by atoms with Gasteiger partial charge >= 0.3 is 0 Å². The van der Waals surface area contributed by atoms with Gasteiger partial charge in [-0.3, -0.25) is 0 Å². The molecule has 2 rings (SSSR count). The molecule has 5 heteroatoms. The highest BCUT2D eigenvalue weighted by molar-refractivity contribution is 9.10. The van der Waals surface area contributed by atoms with Crippen molar-refractivity contribution in [3.63, 3.8) is 0 Å². The highest BCUT2D eigenvalue weighted by Gasteiger charge is 2.12. The van der Waals surface area contributed by atoms with Gasteiger partial charge in [-0.05, 0) is 58.6 Å². The van der Waals surface area contributed by atoms with Gasteiger partial charge in [0.05, 0.1) is 11.6 Å². The molecule has 0 aliphatic carbocycles. The molecule has 0 atom stereocenters. The van der Waals surface area contributed by atoms with E-state index in [9.17, 15) is 0 Å². The zero-order chi connectivity index (χ0) is 19.3.